The minimum Gasteiger partial charge on any atom is -0.198 e. The third-order valence-corrected chi connectivity index (χ3v) is 4.99. The molecule has 3 aliphatic carbocycles. The Morgan fingerprint density at radius 3 is 2.81 bits per heavy atom. The first kappa shape index (κ1) is 14.1. The van der Waals surface area contributed by atoms with Crippen LogP contribution in [0.25, 0.3) is 0 Å². The van der Waals surface area contributed by atoms with Crippen LogP contribution in [0.5, 0.6) is 0 Å². The second-order valence-corrected chi connectivity index (χ2v) is 6.57. The molecule has 3 atom stereocenters. The summed E-state index contributed by atoms with van der Waals surface area (Å²) in [7, 11) is 0. The van der Waals surface area contributed by atoms with Crippen molar-refractivity contribution in [3.05, 3.63) is 59.3 Å². The highest BCUT2D eigenvalue weighted by molar-refractivity contribution is 5.50. The van der Waals surface area contributed by atoms with Crippen molar-refractivity contribution in [1.29, 1.82) is 5.26 Å². The van der Waals surface area contributed by atoms with Crippen LogP contribution in [0.15, 0.2) is 59.3 Å². The van der Waals surface area contributed by atoms with Crippen LogP contribution in [0.1, 0.15) is 33.1 Å². The van der Waals surface area contributed by atoms with E-state index in [9.17, 15) is 5.26 Å². The third kappa shape index (κ3) is 2.56. The number of rotatable bonds is 2. The van der Waals surface area contributed by atoms with Crippen LogP contribution >= 0.6 is 0 Å². The molecule has 108 valence electrons. The summed E-state index contributed by atoms with van der Waals surface area (Å²) >= 11 is 0. The molecule has 0 fully saturated rings. The lowest BCUT2D eigenvalue weighted by atomic mass is 9.69. The first-order chi connectivity index (χ1) is 10.2. The molecule has 0 heterocycles. The van der Waals surface area contributed by atoms with E-state index in [2.05, 4.69) is 50.3 Å². The minimum atomic E-state index is -0.0171. The van der Waals surface area contributed by atoms with Crippen molar-refractivity contribution in [3.63, 3.8) is 0 Å². The summed E-state index contributed by atoms with van der Waals surface area (Å²) in [5, 5.41) is 9.44. The molecule has 1 nitrogen and oxygen atoms in total. The Morgan fingerprint density at radius 1 is 1.24 bits per heavy atom. The number of nitriles is 1. The van der Waals surface area contributed by atoms with Crippen LogP contribution in [-0.4, -0.2) is 0 Å². The molecule has 0 saturated carbocycles. The number of hydrogen-bond acceptors (Lipinski definition) is 1. The monoisotopic (exact) mass is 277 g/mol. The average Bonchev–Trinajstić information content (AvgIpc) is 2.53. The molecule has 0 spiro atoms. The van der Waals surface area contributed by atoms with Gasteiger partial charge < -0.3 is 0 Å². The average molecular weight is 277 g/mol. The van der Waals surface area contributed by atoms with Gasteiger partial charge in [0.25, 0.3) is 0 Å². The number of hydrogen-bond donors (Lipinski definition) is 0. The van der Waals surface area contributed by atoms with Crippen molar-refractivity contribution in [2.24, 2.45) is 23.7 Å². The molecular formula is C20H23N. The molecule has 0 aromatic rings. The largest absolute Gasteiger partial charge is 0.198 e. The van der Waals surface area contributed by atoms with Gasteiger partial charge in [0, 0.05) is 5.92 Å². The zero-order valence-corrected chi connectivity index (χ0v) is 12.9. The van der Waals surface area contributed by atoms with Crippen LogP contribution in [0.2, 0.25) is 0 Å². The summed E-state index contributed by atoms with van der Waals surface area (Å²) < 4.78 is 0. The van der Waals surface area contributed by atoms with E-state index < -0.39 is 0 Å². The van der Waals surface area contributed by atoms with Gasteiger partial charge in [0.1, 0.15) is 0 Å². The van der Waals surface area contributed by atoms with Crippen molar-refractivity contribution < 1.29 is 0 Å². The maximum atomic E-state index is 9.44. The lowest BCUT2D eigenvalue weighted by Crippen LogP contribution is -2.23. The fourth-order valence-corrected chi connectivity index (χ4v) is 3.84. The van der Waals surface area contributed by atoms with Crippen molar-refractivity contribution in [2.75, 3.05) is 0 Å². The van der Waals surface area contributed by atoms with Gasteiger partial charge in [0.15, 0.2) is 0 Å². The van der Waals surface area contributed by atoms with E-state index in [1.165, 1.54) is 16.7 Å². The van der Waals surface area contributed by atoms with Crippen molar-refractivity contribution in [1.82, 2.24) is 0 Å². The van der Waals surface area contributed by atoms with Crippen LogP contribution in [0.4, 0.5) is 0 Å². The lowest BCUT2D eigenvalue weighted by Gasteiger charge is -2.35. The van der Waals surface area contributed by atoms with Crippen LogP contribution in [0.3, 0.4) is 0 Å². The zero-order valence-electron chi connectivity index (χ0n) is 12.9. The standard InChI is InChI=1S/C20H23N/c1-14(2)16-11-12-20(19-10-6-5-9-18(16)19)17-8-4-3-7-15(17)13-21/h3-5,7-9,12,14-17H,6,10-11H2,1-2H3. The molecular weight excluding hydrogens is 254 g/mol. The molecule has 21 heavy (non-hydrogen) atoms. The molecule has 0 saturated heterocycles. The Morgan fingerprint density at radius 2 is 2.05 bits per heavy atom. The Kier molecular flexibility index (Phi) is 3.97. The molecule has 0 amide bonds. The Hall–Kier alpha value is -1.81. The molecule has 0 aliphatic heterocycles. The minimum absolute atomic E-state index is 0.0171. The van der Waals surface area contributed by atoms with Crippen LogP contribution in [-0.2, 0) is 0 Å². The first-order valence-electron chi connectivity index (χ1n) is 8.07. The summed E-state index contributed by atoms with van der Waals surface area (Å²) in [5.74, 6) is 1.54. The van der Waals surface area contributed by atoms with E-state index in [0.717, 1.165) is 19.3 Å². The second-order valence-electron chi connectivity index (χ2n) is 6.57. The zero-order chi connectivity index (χ0) is 14.8. The van der Waals surface area contributed by atoms with Crippen LogP contribution < -0.4 is 0 Å². The quantitative estimate of drug-likeness (QED) is 0.687. The Balaban J connectivity index is 1.99. The molecule has 3 rings (SSSR count). The second kappa shape index (κ2) is 5.90. The van der Waals surface area contributed by atoms with Gasteiger partial charge in [-0.3, -0.25) is 0 Å². The predicted molar refractivity (Wildman–Crippen MR) is 87.3 cm³/mol. The van der Waals surface area contributed by atoms with Gasteiger partial charge in [0.2, 0.25) is 0 Å². The van der Waals surface area contributed by atoms with Crippen molar-refractivity contribution >= 4 is 0 Å². The van der Waals surface area contributed by atoms with E-state index in [-0.39, 0.29) is 11.8 Å². The van der Waals surface area contributed by atoms with Gasteiger partial charge in [-0.1, -0.05) is 56.4 Å². The molecule has 0 aromatic carbocycles. The Labute approximate surface area is 128 Å². The van der Waals surface area contributed by atoms with E-state index in [1.807, 2.05) is 12.2 Å². The van der Waals surface area contributed by atoms with Gasteiger partial charge in [0.05, 0.1) is 12.0 Å². The van der Waals surface area contributed by atoms with Gasteiger partial charge in [-0.2, -0.15) is 5.26 Å². The molecule has 0 bridgehead atoms. The predicted octanol–water partition coefficient (Wildman–Crippen LogP) is 5.12. The summed E-state index contributed by atoms with van der Waals surface area (Å²) in [6, 6.07) is 2.46. The van der Waals surface area contributed by atoms with E-state index in [1.54, 1.807) is 0 Å². The summed E-state index contributed by atoms with van der Waals surface area (Å²) in [5.41, 5.74) is 4.47. The molecule has 0 radical (unpaired) electrons. The van der Waals surface area contributed by atoms with E-state index in [0.29, 0.717) is 11.8 Å². The van der Waals surface area contributed by atoms with E-state index in [4.69, 9.17) is 0 Å². The van der Waals surface area contributed by atoms with Crippen molar-refractivity contribution in [2.45, 2.75) is 33.1 Å². The molecule has 3 unspecified atom stereocenters. The molecule has 3 aliphatic rings. The fraction of sp³-hybridized carbons (Fsp3) is 0.450. The first-order valence-corrected chi connectivity index (χ1v) is 8.07. The summed E-state index contributed by atoms with van der Waals surface area (Å²) in [6.07, 6.45) is 18.8. The third-order valence-electron chi connectivity index (χ3n) is 4.99. The smallest absolute Gasteiger partial charge is 0.0749 e. The summed E-state index contributed by atoms with van der Waals surface area (Å²) in [4.78, 5) is 0. The normalized spacial score (nSPS) is 31.1. The topological polar surface area (TPSA) is 23.8 Å². The molecule has 0 aromatic heterocycles. The number of allylic oxidation sites excluding steroid dienone is 10. The summed E-state index contributed by atoms with van der Waals surface area (Å²) in [6.45, 7) is 4.63. The Bertz CT molecular complexity index is 604. The van der Waals surface area contributed by atoms with Gasteiger partial charge in [-0.15, -0.1) is 0 Å². The fourth-order valence-electron chi connectivity index (χ4n) is 3.84. The highest BCUT2D eigenvalue weighted by atomic mass is 14.4. The maximum Gasteiger partial charge on any atom is 0.0749 e. The molecule has 1 heteroatoms. The highest BCUT2D eigenvalue weighted by Crippen LogP contribution is 2.44. The van der Waals surface area contributed by atoms with Crippen molar-refractivity contribution in [3.8, 4) is 6.07 Å². The van der Waals surface area contributed by atoms with Crippen LogP contribution in [0, 0.1) is 35.0 Å². The SMILES string of the molecule is CC(C)C1CC=C(C2C=CC=CC2C#N)C2=C1C=CCC2. The van der Waals surface area contributed by atoms with Gasteiger partial charge >= 0.3 is 0 Å². The van der Waals surface area contributed by atoms with Gasteiger partial charge in [-0.25, -0.2) is 0 Å². The lowest BCUT2D eigenvalue weighted by molar-refractivity contribution is 0.438. The van der Waals surface area contributed by atoms with Gasteiger partial charge in [-0.05, 0) is 47.8 Å². The molecule has 0 N–H and O–H groups in total. The maximum absolute atomic E-state index is 9.44. The number of nitrogens with zero attached hydrogens (tertiary/aromatic N) is 1. The van der Waals surface area contributed by atoms with E-state index >= 15 is 0 Å². The highest BCUT2D eigenvalue weighted by Gasteiger charge is 2.31.